The normalized spacial score (nSPS) is 13.4. The Morgan fingerprint density at radius 2 is 1.35 bits per heavy atom. The van der Waals surface area contributed by atoms with Crippen molar-refractivity contribution in [3.05, 3.63) is 151 Å². The van der Waals surface area contributed by atoms with Crippen molar-refractivity contribution in [2.24, 2.45) is 0 Å². The van der Waals surface area contributed by atoms with Gasteiger partial charge in [-0.05, 0) is 81.9 Å². The number of nitrogens with zero attached hydrogens (tertiary/aromatic N) is 2. The van der Waals surface area contributed by atoms with Crippen LogP contribution in [0.2, 0.25) is 0 Å². The molecule has 0 radical (unpaired) electrons. The predicted molar refractivity (Wildman–Crippen MR) is 216 cm³/mol. The first-order valence-corrected chi connectivity index (χ1v) is 18.0. The van der Waals surface area contributed by atoms with Crippen LogP contribution in [-0.4, -0.2) is 11.3 Å². The topological polar surface area (TPSA) is 21.3 Å². The number of benzene rings is 7. The summed E-state index contributed by atoms with van der Waals surface area (Å²) in [7, 11) is 0. The molecule has 3 nitrogen and oxygen atoms in total. The van der Waals surface area contributed by atoms with E-state index in [1.807, 2.05) is 0 Å². The van der Waals surface area contributed by atoms with Crippen molar-refractivity contribution in [2.45, 2.75) is 33.1 Å². The number of aryl methyl sites for hydroxylation is 1. The first-order valence-electron chi connectivity index (χ1n) is 18.0. The van der Waals surface area contributed by atoms with Gasteiger partial charge in [0.1, 0.15) is 11.2 Å². The molecule has 0 unspecified atom stereocenters. The second-order valence-corrected chi connectivity index (χ2v) is 15.4. The molecule has 0 bridgehead atoms. The minimum Gasteiger partial charge on any atom is -0.456 e. The monoisotopic (exact) mass is 654 g/mol. The molecular formula is C47H35BN2O. The first-order chi connectivity index (χ1) is 24.9. The van der Waals surface area contributed by atoms with E-state index in [9.17, 15) is 0 Å². The quantitative estimate of drug-likeness (QED) is 0.173. The molecule has 4 heterocycles. The summed E-state index contributed by atoms with van der Waals surface area (Å²) in [5.41, 5.74) is 18.2. The van der Waals surface area contributed by atoms with Gasteiger partial charge in [0.15, 0.2) is 0 Å². The fourth-order valence-corrected chi connectivity index (χ4v) is 9.13. The molecule has 0 saturated heterocycles. The lowest BCUT2D eigenvalue weighted by Gasteiger charge is -2.41. The number of fused-ring (bicyclic) bond motifs is 11. The largest absolute Gasteiger partial charge is 0.456 e. The summed E-state index contributed by atoms with van der Waals surface area (Å²) in [4.78, 5) is 2.58. The Morgan fingerprint density at radius 1 is 0.588 bits per heavy atom. The van der Waals surface area contributed by atoms with E-state index in [4.69, 9.17) is 4.42 Å². The average Bonchev–Trinajstić information content (AvgIpc) is 3.70. The standard InChI is InChI=1S/C47H35BN2O/c1-28-25-36-33-18-12-17-32-31-15-8-10-19-39(31)50(45(32)33)48-37-22-24-42-43(34-16-9-11-20-41(34)51-42)46(37)49(40(26-28)44(36)48)38-23-21-30(47(2,3)4)27-35(38)29-13-6-5-7-14-29/h5-27H,1-4H3. The van der Waals surface area contributed by atoms with Crippen LogP contribution in [0.15, 0.2) is 144 Å². The van der Waals surface area contributed by atoms with Crippen molar-refractivity contribution >= 4 is 78.6 Å². The van der Waals surface area contributed by atoms with E-state index >= 15 is 0 Å². The number of para-hydroxylation sites is 3. The highest BCUT2D eigenvalue weighted by molar-refractivity contribution is 6.90. The van der Waals surface area contributed by atoms with Crippen LogP contribution in [0.1, 0.15) is 31.9 Å². The van der Waals surface area contributed by atoms with Crippen molar-refractivity contribution in [3.8, 4) is 22.3 Å². The van der Waals surface area contributed by atoms with Gasteiger partial charge < -0.3 is 13.8 Å². The molecule has 0 fully saturated rings. The van der Waals surface area contributed by atoms with Gasteiger partial charge in [-0.3, -0.25) is 0 Å². The van der Waals surface area contributed by atoms with Crippen molar-refractivity contribution in [2.75, 3.05) is 4.90 Å². The molecular weight excluding hydrogens is 619 g/mol. The van der Waals surface area contributed by atoms with E-state index in [2.05, 4.69) is 177 Å². The molecule has 0 N–H and O–H groups in total. The van der Waals surface area contributed by atoms with E-state index in [0.29, 0.717) is 0 Å². The molecule has 2 aromatic heterocycles. The van der Waals surface area contributed by atoms with Gasteiger partial charge in [-0.25, -0.2) is 0 Å². The Morgan fingerprint density at radius 3 is 2.20 bits per heavy atom. The number of rotatable bonds is 2. The number of aromatic nitrogens is 1. The Bertz CT molecular complexity index is 2920. The van der Waals surface area contributed by atoms with E-state index in [0.717, 1.165) is 21.9 Å². The molecule has 9 aromatic rings. The fourth-order valence-electron chi connectivity index (χ4n) is 9.13. The third-order valence-electron chi connectivity index (χ3n) is 11.3. The molecule has 51 heavy (non-hydrogen) atoms. The molecule has 242 valence electrons. The average molecular weight is 655 g/mol. The molecule has 2 aliphatic rings. The summed E-state index contributed by atoms with van der Waals surface area (Å²) in [6.45, 7) is 9.13. The first kappa shape index (κ1) is 28.8. The molecule has 0 saturated carbocycles. The molecule has 4 heteroatoms. The van der Waals surface area contributed by atoms with E-state index in [1.54, 1.807) is 0 Å². The number of hydrogen-bond donors (Lipinski definition) is 0. The SMILES string of the molecule is Cc1cc2c3c(c1)N(c1ccc(C(C)(C)C)cc1-c1ccccc1)c1c(ccc4oc5ccccc5c14)B3n1c3ccccc3c3cccc-2c31. The molecule has 11 rings (SSSR count). The summed E-state index contributed by atoms with van der Waals surface area (Å²) in [5.74, 6) is 0. The van der Waals surface area contributed by atoms with Gasteiger partial charge in [0.25, 0.3) is 0 Å². The minimum atomic E-state index is -0.0220. The zero-order valence-electron chi connectivity index (χ0n) is 29.2. The van der Waals surface area contributed by atoms with E-state index in [1.165, 1.54) is 83.2 Å². The number of hydrogen-bond acceptors (Lipinski definition) is 2. The second kappa shape index (κ2) is 10.0. The van der Waals surface area contributed by atoms with Crippen LogP contribution in [0.3, 0.4) is 0 Å². The second-order valence-electron chi connectivity index (χ2n) is 15.4. The maximum Gasteiger partial charge on any atom is 0.333 e. The summed E-state index contributed by atoms with van der Waals surface area (Å²) in [5, 5.41) is 4.89. The van der Waals surface area contributed by atoms with Crippen LogP contribution in [0, 0.1) is 6.92 Å². The van der Waals surface area contributed by atoms with Crippen LogP contribution in [-0.2, 0) is 5.41 Å². The van der Waals surface area contributed by atoms with Crippen LogP contribution in [0.25, 0.3) is 66.0 Å². The lowest BCUT2D eigenvalue weighted by molar-refractivity contribution is 0.590. The van der Waals surface area contributed by atoms with Crippen LogP contribution >= 0.6 is 0 Å². The molecule has 0 aliphatic carbocycles. The van der Waals surface area contributed by atoms with Crippen molar-refractivity contribution < 1.29 is 4.42 Å². The Labute approximate surface area is 297 Å². The van der Waals surface area contributed by atoms with E-state index < -0.39 is 0 Å². The van der Waals surface area contributed by atoms with Crippen LogP contribution in [0.4, 0.5) is 17.1 Å². The summed E-state index contributed by atoms with van der Waals surface area (Å²) in [6.07, 6.45) is 0. The number of furan rings is 1. The molecule has 2 aliphatic heterocycles. The highest BCUT2D eigenvalue weighted by Crippen LogP contribution is 2.50. The summed E-state index contributed by atoms with van der Waals surface area (Å²) < 4.78 is 9.27. The predicted octanol–water partition coefficient (Wildman–Crippen LogP) is 11.4. The highest BCUT2D eigenvalue weighted by atomic mass is 16.3. The molecule has 7 aromatic carbocycles. The van der Waals surface area contributed by atoms with Gasteiger partial charge in [-0.1, -0.05) is 124 Å². The van der Waals surface area contributed by atoms with E-state index in [-0.39, 0.29) is 12.3 Å². The summed E-state index contributed by atoms with van der Waals surface area (Å²) in [6, 6.07) is 51.7. The van der Waals surface area contributed by atoms with Crippen molar-refractivity contribution in [1.29, 1.82) is 0 Å². The summed E-state index contributed by atoms with van der Waals surface area (Å²) >= 11 is 0. The lowest BCUT2D eigenvalue weighted by Crippen LogP contribution is -2.56. The Kier molecular flexibility index (Phi) is 5.67. The highest BCUT2D eigenvalue weighted by Gasteiger charge is 2.44. The van der Waals surface area contributed by atoms with Gasteiger partial charge >= 0.3 is 6.85 Å². The Hall–Kier alpha value is -6.00. The molecule has 0 atom stereocenters. The minimum absolute atomic E-state index is 0.00590. The molecule has 0 amide bonds. The van der Waals surface area contributed by atoms with Crippen LogP contribution in [0.5, 0.6) is 0 Å². The fraction of sp³-hybridized carbons (Fsp3) is 0.106. The smallest absolute Gasteiger partial charge is 0.333 e. The van der Waals surface area contributed by atoms with Crippen LogP contribution < -0.4 is 15.8 Å². The van der Waals surface area contributed by atoms with Crippen molar-refractivity contribution in [3.63, 3.8) is 0 Å². The Balaban J connectivity index is 1.35. The van der Waals surface area contributed by atoms with Gasteiger partial charge in [0, 0.05) is 44.0 Å². The zero-order valence-corrected chi connectivity index (χ0v) is 29.2. The third kappa shape index (κ3) is 3.85. The third-order valence-corrected chi connectivity index (χ3v) is 11.3. The van der Waals surface area contributed by atoms with Gasteiger partial charge in [0.05, 0.1) is 16.8 Å². The van der Waals surface area contributed by atoms with Gasteiger partial charge in [0.2, 0.25) is 0 Å². The lowest BCUT2D eigenvalue weighted by atomic mass is 9.45. The zero-order chi connectivity index (χ0) is 34.2. The maximum absolute atomic E-state index is 6.64. The van der Waals surface area contributed by atoms with Crippen molar-refractivity contribution in [1.82, 2.24) is 4.48 Å². The van der Waals surface area contributed by atoms with Gasteiger partial charge in [-0.2, -0.15) is 0 Å². The maximum atomic E-state index is 6.64. The van der Waals surface area contributed by atoms with Gasteiger partial charge in [-0.15, -0.1) is 0 Å². The number of anilines is 3. The molecule has 0 spiro atoms.